The molecule has 1 aromatic rings. The van der Waals surface area contributed by atoms with Crippen molar-refractivity contribution in [3.8, 4) is 0 Å². The normalized spacial score (nSPS) is 12.9. The average molecular weight is 260 g/mol. The Morgan fingerprint density at radius 1 is 1.53 bits per heavy atom. The van der Waals surface area contributed by atoms with Gasteiger partial charge in [-0.1, -0.05) is 18.5 Å². The monoisotopic (exact) mass is 259 g/mol. The number of hydrogen-bond donors (Lipinski definition) is 1. The van der Waals surface area contributed by atoms with Gasteiger partial charge in [-0.15, -0.1) is 0 Å². The number of rotatable bonds is 8. The topological polar surface area (TPSA) is 39.1 Å². The van der Waals surface area contributed by atoms with Crippen molar-refractivity contribution in [3.05, 3.63) is 16.9 Å². The molecule has 5 heteroatoms. The van der Waals surface area contributed by atoms with Crippen LogP contribution in [0.3, 0.4) is 0 Å². The number of nitrogens with one attached hydrogen (secondary N) is 1. The van der Waals surface area contributed by atoms with E-state index in [0.29, 0.717) is 0 Å². The lowest BCUT2D eigenvalue weighted by Crippen LogP contribution is -2.25. The third-order valence-electron chi connectivity index (χ3n) is 2.66. The Kier molecular flexibility index (Phi) is 6.55. The van der Waals surface area contributed by atoms with Gasteiger partial charge < -0.3 is 10.1 Å². The van der Waals surface area contributed by atoms with Crippen LogP contribution in [-0.2, 0) is 11.8 Å². The molecule has 0 amide bonds. The molecule has 1 N–H and O–H groups in total. The quantitative estimate of drug-likeness (QED) is 0.730. The van der Waals surface area contributed by atoms with Gasteiger partial charge in [-0.25, -0.2) is 0 Å². The van der Waals surface area contributed by atoms with Crippen LogP contribution < -0.4 is 5.32 Å². The highest BCUT2D eigenvalue weighted by molar-refractivity contribution is 6.31. The maximum Gasteiger partial charge on any atom is 0.0834 e. The second kappa shape index (κ2) is 7.69. The number of ether oxygens (including phenoxy) is 1. The van der Waals surface area contributed by atoms with Crippen LogP contribution in [0.15, 0.2) is 6.20 Å². The second-order valence-corrected chi connectivity index (χ2v) is 4.40. The standard InChI is InChI=1S/C12H22ClN3O/c1-4-7-14-11(6-8-17-5-2)12-10(13)9-15-16(12)3/h9,11,14H,4-8H2,1-3H3. The van der Waals surface area contributed by atoms with Gasteiger partial charge in [-0.3, -0.25) is 4.68 Å². The summed E-state index contributed by atoms with van der Waals surface area (Å²) in [6.07, 6.45) is 3.70. The number of hydrogen-bond acceptors (Lipinski definition) is 3. The maximum atomic E-state index is 6.17. The minimum Gasteiger partial charge on any atom is -0.382 e. The molecule has 0 aliphatic rings. The van der Waals surface area contributed by atoms with Crippen molar-refractivity contribution in [1.82, 2.24) is 15.1 Å². The molecule has 1 atom stereocenters. The highest BCUT2D eigenvalue weighted by atomic mass is 35.5. The largest absolute Gasteiger partial charge is 0.382 e. The molecule has 1 heterocycles. The summed E-state index contributed by atoms with van der Waals surface area (Å²) in [5.41, 5.74) is 1.04. The number of aromatic nitrogens is 2. The lowest BCUT2D eigenvalue weighted by atomic mass is 10.1. The first-order chi connectivity index (χ1) is 8.20. The summed E-state index contributed by atoms with van der Waals surface area (Å²) >= 11 is 6.17. The summed E-state index contributed by atoms with van der Waals surface area (Å²) in [5.74, 6) is 0. The predicted octanol–water partition coefficient (Wildman–Crippen LogP) is 2.54. The summed E-state index contributed by atoms with van der Waals surface area (Å²) in [7, 11) is 1.92. The molecular formula is C12H22ClN3O. The Morgan fingerprint density at radius 2 is 2.29 bits per heavy atom. The molecule has 1 rings (SSSR count). The highest BCUT2D eigenvalue weighted by Crippen LogP contribution is 2.24. The van der Waals surface area contributed by atoms with Gasteiger partial charge in [0.25, 0.3) is 0 Å². The molecule has 0 saturated carbocycles. The zero-order valence-corrected chi connectivity index (χ0v) is 11.6. The van der Waals surface area contributed by atoms with E-state index in [0.717, 1.165) is 43.3 Å². The smallest absolute Gasteiger partial charge is 0.0834 e. The van der Waals surface area contributed by atoms with Gasteiger partial charge in [0.2, 0.25) is 0 Å². The molecule has 0 spiro atoms. The maximum absolute atomic E-state index is 6.17. The van der Waals surface area contributed by atoms with E-state index in [9.17, 15) is 0 Å². The van der Waals surface area contributed by atoms with E-state index in [1.807, 2.05) is 18.7 Å². The first-order valence-electron chi connectivity index (χ1n) is 6.19. The summed E-state index contributed by atoms with van der Waals surface area (Å²) in [6, 6.07) is 0.210. The molecule has 1 aromatic heterocycles. The van der Waals surface area contributed by atoms with Gasteiger partial charge >= 0.3 is 0 Å². The van der Waals surface area contributed by atoms with Crippen LogP contribution in [-0.4, -0.2) is 29.5 Å². The van der Waals surface area contributed by atoms with Crippen LogP contribution in [0, 0.1) is 0 Å². The molecule has 0 aromatic carbocycles. The first kappa shape index (κ1) is 14.5. The Morgan fingerprint density at radius 3 is 2.82 bits per heavy atom. The van der Waals surface area contributed by atoms with Crippen LogP contribution >= 0.6 is 11.6 Å². The van der Waals surface area contributed by atoms with Gasteiger partial charge in [0.15, 0.2) is 0 Å². The predicted molar refractivity (Wildman–Crippen MR) is 70.4 cm³/mol. The zero-order valence-electron chi connectivity index (χ0n) is 10.9. The molecule has 0 saturated heterocycles. The van der Waals surface area contributed by atoms with Gasteiger partial charge in [-0.2, -0.15) is 5.10 Å². The minimum absolute atomic E-state index is 0.210. The third kappa shape index (κ3) is 4.30. The summed E-state index contributed by atoms with van der Waals surface area (Å²) in [6.45, 7) is 6.61. The van der Waals surface area contributed by atoms with Gasteiger partial charge in [0.05, 0.1) is 23.0 Å². The van der Waals surface area contributed by atoms with E-state index in [1.165, 1.54) is 0 Å². The van der Waals surface area contributed by atoms with Gasteiger partial charge in [-0.05, 0) is 26.3 Å². The molecule has 0 aliphatic heterocycles. The molecule has 98 valence electrons. The van der Waals surface area contributed by atoms with Gasteiger partial charge in [0, 0.05) is 20.3 Å². The van der Waals surface area contributed by atoms with Crippen molar-refractivity contribution in [2.45, 2.75) is 32.7 Å². The summed E-state index contributed by atoms with van der Waals surface area (Å²) in [5, 5.41) is 8.38. The Balaban J connectivity index is 2.67. The van der Waals surface area contributed by atoms with E-state index >= 15 is 0 Å². The van der Waals surface area contributed by atoms with E-state index in [-0.39, 0.29) is 6.04 Å². The lowest BCUT2D eigenvalue weighted by molar-refractivity contribution is 0.135. The van der Waals surface area contributed by atoms with E-state index in [4.69, 9.17) is 16.3 Å². The molecule has 1 unspecified atom stereocenters. The fourth-order valence-corrected chi connectivity index (χ4v) is 2.11. The van der Waals surface area contributed by atoms with Crippen LogP contribution in [0.4, 0.5) is 0 Å². The molecule has 0 aliphatic carbocycles. The SMILES string of the molecule is CCCNC(CCOCC)c1c(Cl)cnn1C. The Hall–Kier alpha value is -0.580. The number of halogens is 1. The minimum atomic E-state index is 0.210. The Labute approximate surface area is 108 Å². The Bertz CT molecular complexity index is 308. The fourth-order valence-electron chi connectivity index (χ4n) is 1.81. The fraction of sp³-hybridized carbons (Fsp3) is 0.750. The number of nitrogens with zero attached hydrogens (tertiary/aromatic N) is 2. The van der Waals surface area contributed by atoms with Crippen molar-refractivity contribution in [2.24, 2.45) is 7.05 Å². The molecule has 0 fully saturated rings. The van der Waals surface area contributed by atoms with Crippen molar-refractivity contribution in [1.29, 1.82) is 0 Å². The number of aryl methyl sites for hydroxylation is 1. The highest BCUT2D eigenvalue weighted by Gasteiger charge is 2.18. The molecular weight excluding hydrogens is 238 g/mol. The lowest BCUT2D eigenvalue weighted by Gasteiger charge is -2.19. The molecule has 17 heavy (non-hydrogen) atoms. The molecule has 4 nitrogen and oxygen atoms in total. The van der Waals surface area contributed by atoms with E-state index in [1.54, 1.807) is 6.20 Å². The second-order valence-electron chi connectivity index (χ2n) is 3.99. The average Bonchev–Trinajstić information content (AvgIpc) is 2.64. The van der Waals surface area contributed by atoms with Crippen LogP contribution in [0.2, 0.25) is 5.02 Å². The summed E-state index contributed by atoms with van der Waals surface area (Å²) in [4.78, 5) is 0. The van der Waals surface area contributed by atoms with Crippen molar-refractivity contribution < 1.29 is 4.74 Å². The molecule has 0 bridgehead atoms. The van der Waals surface area contributed by atoms with Crippen molar-refractivity contribution in [3.63, 3.8) is 0 Å². The van der Waals surface area contributed by atoms with Crippen LogP contribution in [0.1, 0.15) is 38.4 Å². The zero-order chi connectivity index (χ0) is 12.7. The third-order valence-corrected chi connectivity index (χ3v) is 2.95. The summed E-state index contributed by atoms with van der Waals surface area (Å²) < 4.78 is 7.24. The van der Waals surface area contributed by atoms with Crippen LogP contribution in [0.25, 0.3) is 0 Å². The van der Waals surface area contributed by atoms with E-state index < -0.39 is 0 Å². The van der Waals surface area contributed by atoms with Crippen molar-refractivity contribution in [2.75, 3.05) is 19.8 Å². The van der Waals surface area contributed by atoms with Crippen molar-refractivity contribution >= 4 is 11.6 Å². The van der Waals surface area contributed by atoms with Gasteiger partial charge in [0.1, 0.15) is 0 Å². The van der Waals surface area contributed by atoms with E-state index in [2.05, 4.69) is 17.3 Å². The van der Waals surface area contributed by atoms with Crippen LogP contribution in [0.5, 0.6) is 0 Å². The first-order valence-corrected chi connectivity index (χ1v) is 6.57. The molecule has 0 radical (unpaired) electrons.